The zero-order valence-electron chi connectivity index (χ0n) is 12.0. The van der Waals surface area contributed by atoms with Crippen molar-refractivity contribution < 1.29 is 9.53 Å². The Morgan fingerprint density at radius 3 is 2.60 bits per heavy atom. The van der Waals surface area contributed by atoms with E-state index < -0.39 is 0 Å². The standard InChI is InChI=1S/C17H21NO2/c1-12(17(19)20-2)9-16(18)11-13-7-8-14-5-3-4-6-15(14)10-13/h3-8,10,12,16H,9,11,18H2,1-2H3/t12-,16+/m0/s1. The second-order valence-electron chi connectivity index (χ2n) is 5.31. The van der Waals surface area contributed by atoms with Crippen molar-refractivity contribution in [1.82, 2.24) is 0 Å². The van der Waals surface area contributed by atoms with E-state index in [0.717, 1.165) is 6.42 Å². The van der Waals surface area contributed by atoms with Crippen molar-refractivity contribution >= 4 is 16.7 Å². The van der Waals surface area contributed by atoms with Gasteiger partial charge in [-0.1, -0.05) is 49.4 Å². The van der Waals surface area contributed by atoms with Gasteiger partial charge in [-0.2, -0.15) is 0 Å². The zero-order chi connectivity index (χ0) is 14.5. The molecule has 0 fully saturated rings. The Hall–Kier alpha value is -1.87. The summed E-state index contributed by atoms with van der Waals surface area (Å²) in [4.78, 5) is 11.4. The molecule has 0 aliphatic heterocycles. The number of rotatable bonds is 5. The van der Waals surface area contributed by atoms with Gasteiger partial charge < -0.3 is 10.5 Å². The second kappa shape index (κ2) is 6.53. The lowest BCUT2D eigenvalue weighted by molar-refractivity contribution is -0.145. The van der Waals surface area contributed by atoms with Gasteiger partial charge in [-0.25, -0.2) is 0 Å². The minimum atomic E-state index is -0.195. The first-order valence-corrected chi connectivity index (χ1v) is 6.91. The maximum atomic E-state index is 11.4. The molecule has 0 heterocycles. The number of fused-ring (bicyclic) bond motifs is 1. The van der Waals surface area contributed by atoms with Gasteiger partial charge in [-0.05, 0) is 29.2 Å². The van der Waals surface area contributed by atoms with Crippen LogP contribution in [0.5, 0.6) is 0 Å². The fraction of sp³-hybridized carbons (Fsp3) is 0.353. The summed E-state index contributed by atoms with van der Waals surface area (Å²) in [6.45, 7) is 1.85. The predicted molar refractivity (Wildman–Crippen MR) is 81.4 cm³/mol. The Bertz CT molecular complexity index is 594. The van der Waals surface area contributed by atoms with Crippen LogP contribution in [-0.2, 0) is 16.0 Å². The molecule has 3 nitrogen and oxygen atoms in total. The third-order valence-corrected chi connectivity index (χ3v) is 3.57. The molecular formula is C17H21NO2. The van der Waals surface area contributed by atoms with Gasteiger partial charge in [-0.3, -0.25) is 4.79 Å². The summed E-state index contributed by atoms with van der Waals surface area (Å²) < 4.78 is 4.73. The second-order valence-corrected chi connectivity index (χ2v) is 5.31. The van der Waals surface area contributed by atoms with Gasteiger partial charge in [0, 0.05) is 6.04 Å². The lowest BCUT2D eigenvalue weighted by Crippen LogP contribution is -2.28. The minimum absolute atomic E-state index is 0.0368. The topological polar surface area (TPSA) is 52.3 Å². The molecule has 0 aliphatic rings. The van der Waals surface area contributed by atoms with Crippen LogP contribution in [0.2, 0.25) is 0 Å². The molecule has 2 atom stereocenters. The van der Waals surface area contributed by atoms with Gasteiger partial charge in [-0.15, -0.1) is 0 Å². The molecule has 106 valence electrons. The van der Waals surface area contributed by atoms with E-state index in [1.165, 1.54) is 23.4 Å². The molecule has 0 radical (unpaired) electrons. The number of nitrogens with two attached hydrogens (primary N) is 1. The average molecular weight is 271 g/mol. The number of esters is 1. The largest absolute Gasteiger partial charge is 0.469 e. The molecule has 0 aromatic heterocycles. The van der Waals surface area contributed by atoms with E-state index in [-0.39, 0.29) is 17.9 Å². The highest BCUT2D eigenvalue weighted by molar-refractivity contribution is 5.83. The van der Waals surface area contributed by atoms with Crippen LogP contribution in [0.3, 0.4) is 0 Å². The SMILES string of the molecule is COC(=O)[C@@H](C)C[C@@H](N)Cc1ccc2ccccc2c1. The molecule has 2 N–H and O–H groups in total. The summed E-state index contributed by atoms with van der Waals surface area (Å²) in [7, 11) is 1.41. The molecule has 0 spiro atoms. The molecule has 0 amide bonds. The normalized spacial score (nSPS) is 13.9. The Morgan fingerprint density at radius 1 is 1.20 bits per heavy atom. The average Bonchev–Trinajstić information content (AvgIpc) is 2.46. The van der Waals surface area contributed by atoms with Gasteiger partial charge in [0.1, 0.15) is 0 Å². The first kappa shape index (κ1) is 14.5. The highest BCUT2D eigenvalue weighted by Crippen LogP contribution is 2.18. The molecule has 20 heavy (non-hydrogen) atoms. The van der Waals surface area contributed by atoms with Gasteiger partial charge in [0.05, 0.1) is 13.0 Å². The van der Waals surface area contributed by atoms with E-state index in [1.54, 1.807) is 0 Å². The number of methoxy groups -OCH3 is 1. The van der Waals surface area contributed by atoms with Crippen LogP contribution in [-0.4, -0.2) is 19.1 Å². The number of benzene rings is 2. The highest BCUT2D eigenvalue weighted by Gasteiger charge is 2.17. The molecule has 0 bridgehead atoms. The first-order chi connectivity index (χ1) is 9.60. The molecular weight excluding hydrogens is 250 g/mol. The monoisotopic (exact) mass is 271 g/mol. The third-order valence-electron chi connectivity index (χ3n) is 3.57. The molecule has 0 saturated carbocycles. The van der Waals surface area contributed by atoms with Crippen molar-refractivity contribution in [2.75, 3.05) is 7.11 Å². The van der Waals surface area contributed by atoms with E-state index in [2.05, 4.69) is 30.3 Å². The van der Waals surface area contributed by atoms with Gasteiger partial charge >= 0.3 is 5.97 Å². The Morgan fingerprint density at radius 2 is 1.90 bits per heavy atom. The van der Waals surface area contributed by atoms with Crippen LogP contribution in [0.15, 0.2) is 42.5 Å². The van der Waals surface area contributed by atoms with Crippen molar-refractivity contribution in [3.05, 3.63) is 48.0 Å². The fourth-order valence-electron chi connectivity index (χ4n) is 2.50. The van der Waals surface area contributed by atoms with E-state index in [9.17, 15) is 4.79 Å². The number of hydrogen-bond acceptors (Lipinski definition) is 3. The van der Waals surface area contributed by atoms with Crippen molar-refractivity contribution in [1.29, 1.82) is 0 Å². The Kier molecular flexibility index (Phi) is 4.74. The van der Waals surface area contributed by atoms with Crippen molar-refractivity contribution in [3.8, 4) is 0 Å². The summed E-state index contributed by atoms with van der Waals surface area (Å²) >= 11 is 0. The minimum Gasteiger partial charge on any atom is -0.469 e. The molecule has 3 heteroatoms. The van der Waals surface area contributed by atoms with Crippen molar-refractivity contribution in [2.45, 2.75) is 25.8 Å². The predicted octanol–water partition coefficient (Wildman–Crippen LogP) is 2.91. The van der Waals surface area contributed by atoms with Gasteiger partial charge in [0.25, 0.3) is 0 Å². The first-order valence-electron chi connectivity index (χ1n) is 6.91. The van der Waals surface area contributed by atoms with E-state index in [4.69, 9.17) is 10.5 Å². The lowest BCUT2D eigenvalue weighted by Gasteiger charge is -2.16. The summed E-state index contributed by atoms with van der Waals surface area (Å²) in [5.74, 6) is -0.352. The van der Waals surface area contributed by atoms with Crippen molar-refractivity contribution in [3.63, 3.8) is 0 Å². The summed E-state index contributed by atoms with van der Waals surface area (Å²) in [6.07, 6.45) is 1.41. The van der Waals surface area contributed by atoms with Crippen LogP contribution in [0, 0.1) is 5.92 Å². The summed E-state index contributed by atoms with van der Waals surface area (Å²) in [6, 6.07) is 14.6. The van der Waals surface area contributed by atoms with Crippen molar-refractivity contribution in [2.24, 2.45) is 11.7 Å². The number of carbonyl (C=O) groups excluding carboxylic acids is 1. The lowest BCUT2D eigenvalue weighted by atomic mass is 9.95. The number of ether oxygens (including phenoxy) is 1. The quantitative estimate of drug-likeness (QED) is 0.851. The van der Waals surface area contributed by atoms with E-state index in [1.807, 2.05) is 19.1 Å². The summed E-state index contributed by atoms with van der Waals surface area (Å²) in [5, 5.41) is 2.45. The van der Waals surface area contributed by atoms with E-state index in [0.29, 0.717) is 6.42 Å². The highest BCUT2D eigenvalue weighted by atomic mass is 16.5. The smallest absolute Gasteiger partial charge is 0.308 e. The van der Waals surface area contributed by atoms with Gasteiger partial charge in [0.15, 0.2) is 0 Å². The number of carbonyl (C=O) groups is 1. The molecule has 0 saturated heterocycles. The third kappa shape index (κ3) is 3.58. The zero-order valence-corrected chi connectivity index (χ0v) is 12.0. The van der Waals surface area contributed by atoms with Crippen LogP contribution >= 0.6 is 0 Å². The van der Waals surface area contributed by atoms with Crippen LogP contribution in [0.25, 0.3) is 10.8 Å². The van der Waals surface area contributed by atoms with Crippen LogP contribution in [0.4, 0.5) is 0 Å². The molecule has 2 aromatic carbocycles. The van der Waals surface area contributed by atoms with Crippen LogP contribution < -0.4 is 5.73 Å². The maximum Gasteiger partial charge on any atom is 0.308 e. The number of hydrogen-bond donors (Lipinski definition) is 1. The summed E-state index contributed by atoms with van der Waals surface area (Å²) in [5.41, 5.74) is 7.34. The Balaban J connectivity index is 2.02. The molecule has 2 aromatic rings. The Labute approximate surface area is 119 Å². The van der Waals surface area contributed by atoms with E-state index >= 15 is 0 Å². The molecule has 0 aliphatic carbocycles. The molecule has 2 rings (SSSR count). The van der Waals surface area contributed by atoms with Gasteiger partial charge in [0.2, 0.25) is 0 Å². The molecule has 0 unspecified atom stereocenters. The van der Waals surface area contributed by atoms with Crippen LogP contribution in [0.1, 0.15) is 18.9 Å². The fourth-order valence-corrected chi connectivity index (χ4v) is 2.50. The maximum absolute atomic E-state index is 11.4.